The molecule has 45 heavy (non-hydrogen) atoms. The molecule has 0 radical (unpaired) electrons. The van der Waals surface area contributed by atoms with E-state index < -0.39 is 0 Å². The first-order valence-electron chi connectivity index (χ1n) is 15.4. The van der Waals surface area contributed by atoms with Gasteiger partial charge in [-0.15, -0.1) is 41.5 Å². The van der Waals surface area contributed by atoms with Crippen molar-refractivity contribution in [1.82, 2.24) is 9.55 Å². The van der Waals surface area contributed by atoms with E-state index in [2.05, 4.69) is 117 Å². The SMILES string of the molecule is Cc1cccc(C)c1-n1[c-][n+]2c3c(cccc31)Sc1cc3c([c-]c1-2)C(C)(C)CCC3(C)C.[Ir+3].[c-]1ccccc1-c1ccccn1. The molecule has 1 aliphatic heterocycles. The molecule has 0 atom stereocenters. The molecule has 2 aliphatic rings. The van der Waals surface area contributed by atoms with Crippen molar-refractivity contribution < 1.29 is 24.7 Å². The van der Waals surface area contributed by atoms with Gasteiger partial charge in [-0.05, 0) is 54.3 Å². The third-order valence-electron chi connectivity index (χ3n) is 9.20. The number of aryl methyl sites for hydroxylation is 2. The van der Waals surface area contributed by atoms with Gasteiger partial charge in [-0.25, -0.2) is 0 Å². The number of rotatable bonds is 2. The maximum atomic E-state index is 4.22. The van der Waals surface area contributed by atoms with Crippen LogP contribution in [0, 0.1) is 32.3 Å². The molecule has 226 valence electrons. The standard InChI is InChI=1S/C29H29N2S.C11H8N.Ir/c1-18-9-7-10-19(2)26(18)30-17-31-23-15-20-21(29(5,6)14-13-28(20,3)4)16-25(23)32-24-12-8-11-22(30)27(24)31;1-2-6-10(7-3-1)11-8-4-5-9-12-11;/h7-12,16H,13-14H2,1-6H3;1-6,8-9H;/q2*-1;+3. The van der Waals surface area contributed by atoms with Crippen molar-refractivity contribution in [3.05, 3.63) is 132 Å². The van der Waals surface area contributed by atoms with Crippen LogP contribution in [-0.4, -0.2) is 9.55 Å². The van der Waals surface area contributed by atoms with Crippen molar-refractivity contribution in [3.63, 3.8) is 0 Å². The molecule has 8 rings (SSSR count). The smallest absolute Gasteiger partial charge is 0.313 e. The minimum absolute atomic E-state index is 0. The summed E-state index contributed by atoms with van der Waals surface area (Å²) in [6, 6.07) is 36.3. The molecule has 3 heterocycles. The summed E-state index contributed by atoms with van der Waals surface area (Å²) >= 11 is 1.88. The third kappa shape index (κ3) is 5.60. The van der Waals surface area contributed by atoms with Crippen LogP contribution in [0.1, 0.15) is 62.8 Å². The first kappa shape index (κ1) is 31.5. The van der Waals surface area contributed by atoms with Gasteiger partial charge in [-0.3, -0.25) is 4.57 Å². The largest absolute Gasteiger partial charge is 3.00 e. The molecular formula is C40H37IrN3S+. The second kappa shape index (κ2) is 12.0. The minimum Gasteiger partial charge on any atom is -0.313 e. The fraction of sp³-hybridized carbons (Fsp3) is 0.250. The Morgan fingerprint density at radius 2 is 1.56 bits per heavy atom. The predicted molar refractivity (Wildman–Crippen MR) is 180 cm³/mol. The van der Waals surface area contributed by atoms with Crippen LogP contribution in [0.4, 0.5) is 0 Å². The van der Waals surface area contributed by atoms with Gasteiger partial charge < -0.3 is 9.55 Å². The molecule has 2 aromatic heterocycles. The van der Waals surface area contributed by atoms with E-state index in [9.17, 15) is 0 Å². The molecule has 6 aromatic rings. The molecule has 0 unspecified atom stereocenters. The maximum Gasteiger partial charge on any atom is 3.00 e. The Morgan fingerprint density at radius 1 is 0.822 bits per heavy atom. The van der Waals surface area contributed by atoms with Crippen LogP contribution in [0.3, 0.4) is 0 Å². The summed E-state index contributed by atoms with van der Waals surface area (Å²) in [7, 11) is 0. The quantitative estimate of drug-likeness (QED) is 0.129. The van der Waals surface area contributed by atoms with E-state index in [1.165, 1.54) is 61.6 Å². The van der Waals surface area contributed by atoms with E-state index in [1.807, 2.05) is 54.2 Å². The summed E-state index contributed by atoms with van der Waals surface area (Å²) in [4.78, 5) is 6.79. The van der Waals surface area contributed by atoms with Gasteiger partial charge in [-0.2, -0.15) is 29.5 Å². The van der Waals surface area contributed by atoms with Crippen LogP contribution in [0.2, 0.25) is 0 Å². The Labute approximate surface area is 285 Å². The Bertz CT molecular complexity index is 1950. The molecule has 3 nitrogen and oxygen atoms in total. The second-order valence-corrected chi connectivity index (χ2v) is 14.4. The monoisotopic (exact) mass is 784 g/mol. The van der Waals surface area contributed by atoms with E-state index in [1.54, 1.807) is 6.20 Å². The number of hydrogen-bond donors (Lipinski definition) is 0. The molecule has 0 N–H and O–H groups in total. The summed E-state index contributed by atoms with van der Waals surface area (Å²) in [6.45, 7) is 13.9. The molecule has 0 amide bonds. The molecule has 0 saturated heterocycles. The Kier molecular flexibility index (Phi) is 8.41. The van der Waals surface area contributed by atoms with Crippen LogP contribution >= 0.6 is 11.8 Å². The van der Waals surface area contributed by atoms with E-state index in [-0.39, 0.29) is 30.9 Å². The molecule has 0 saturated carbocycles. The van der Waals surface area contributed by atoms with Crippen molar-refractivity contribution in [2.75, 3.05) is 0 Å². The molecule has 1 aliphatic carbocycles. The summed E-state index contributed by atoms with van der Waals surface area (Å²) in [6.07, 6.45) is 7.93. The number of aromatic nitrogens is 3. The first-order chi connectivity index (χ1) is 21.1. The van der Waals surface area contributed by atoms with Crippen molar-refractivity contribution in [3.8, 4) is 22.6 Å². The zero-order valence-electron chi connectivity index (χ0n) is 26.7. The molecule has 0 bridgehead atoms. The summed E-state index contributed by atoms with van der Waals surface area (Å²) in [5.41, 5.74) is 12.5. The summed E-state index contributed by atoms with van der Waals surface area (Å²) in [5, 5.41) is 0. The van der Waals surface area contributed by atoms with Crippen LogP contribution < -0.4 is 4.57 Å². The Balaban J connectivity index is 0.000000231. The van der Waals surface area contributed by atoms with Gasteiger partial charge in [-0.1, -0.05) is 93.0 Å². The average Bonchev–Trinajstić information content (AvgIpc) is 3.41. The third-order valence-corrected chi connectivity index (χ3v) is 10.3. The fourth-order valence-corrected chi connectivity index (χ4v) is 7.69. The number of nitrogens with zero attached hydrogens (tertiary/aromatic N) is 3. The van der Waals surface area contributed by atoms with Gasteiger partial charge in [0.2, 0.25) is 0 Å². The number of pyridine rings is 1. The number of benzene rings is 4. The van der Waals surface area contributed by atoms with Gasteiger partial charge in [0.05, 0.1) is 16.7 Å². The van der Waals surface area contributed by atoms with Gasteiger partial charge in [0.15, 0.2) is 0 Å². The summed E-state index contributed by atoms with van der Waals surface area (Å²) < 4.78 is 4.52. The van der Waals surface area contributed by atoms with Crippen molar-refractivity contribution in [2.24, 2.45) is 0 Å². The zero-order valence-corrected chi connectivity index (χ0v) is 29.9. The van der Waals surface area contributed by atoms with Gasteiger partial charge in [0.25, 0.3) is 6.33 Å². The van der Waals surface area contributed by atoms with E-state index >= 15 is 0 Å². The Morgan fingerprint density at radius 3 is 2.27 bits per heavy atom. The van der Waals surface area contributed by atoms with E-state index in [0.717, 1.165) is 16.9 Å². The zero-order chi connectivity index (χ0) is 30.6. The normalized spacial score (nSPS) is 15.2. The topological polar surface area (TPSA) is 21.7 Å². The van der Waals surface area contributed by atoms with E-state index in [4.69, 9.17) is 0 Å². The van der Waals surface area contributed by atoms with E-state index in [0.29, 0.717) is 0 Å². The second-order valence-electron chi connectivity index (χ2n) is 13.3. The van der Waals surface area contributed by atoms with Crippen LogP contribution in [0.25, 0.3) is 33.7 Å². The number of fused-ring (bicyclic) bond motifs is 3. The van der Waals surface area contributed by atoms with Crippen LogP contribution in [0.15, 0.2) is 101 Å². The fourth-order valence-electron chi connectivity index (χ4n) is 6.60. The van der Waals surface area contributed by atoms with Crippen molar-refractivity contribution in [2.45, 2.75) is 75.0 Å². The number of imidazole rings is 1. The Hall–Kier alpha value is -3.50. The molecule has 4 aromatic carbocycles. The van der Waals surface area contributed by atoms with Gasteiger partial charge in [0, 0.05) is 11.1 Å². The average molecular weight is 784 g/mol. The first-order valence-corrected chi connectivity index (χ1v) is 16.2. The van der Waals surface area contributed by atoms with Crippen molar-refractivity contribution in [1.29, 1.82) is 0 Å². The molecular weight excluding hydrogens is 747 g/mol. The van der Waals surface area contributed by atoms with Gasteiger partial charge >= 0.3 is 20.1 Å². The van der Waals surface area contributed by atoms with Gasteiger partial charge in [0.1, 0.15) is 0 Å². The number of para-hydroxylation sites is 2. The van der Waals surface area contributed by atoms with Crippen molar-refractivity contribution >= 4 is 22.8 Å². The minimum atomic E-state index is 0. The number of hydrogen-bond acceptors (Lipinski definition) is 2. The maximum absolute atomic E-state index is 4.22. The molecule has 0 fully saturated rings. The van der Waals surface area contributed by atoms with Crippen LogP contribution in [-0.2, 0) is 30.9 Å². The van der Waals surface area contributed by atoms with Crippen LogP contribution in [0.5, 0.6) is 0 Å². The predicted octanol–water partition coefficient (Wildman–Crippen LogP) is 9.48. The summed E-state index contributed by atoms with van der Waals surface area (Å²) in [5.74, 6) is 0. The molecule has 0 spiro atoms. The molecule has 5 heteroatoms.